The Hall–Kier alpha value is -3.13. The van der Waals surface area contributed by atoms with Crippen LogP contribution in [0.2, 0.25) is 5.02 Å². The number of carbonyl (C=O) groups is 3. The molecule has 28 heavy (non-hydrogen) atoms. The van der Waals surface area contributed by atoms with Gasteiger partial charge in [-0.25, -0.2) is 14.0 Å². The van der Waals surface area contributed by atoms with Crippen LogP contribution in [-0.2, 0) is 14.3 Å². The maximum Gasteiger partial charge on any atom is 0.338 e. The van der Waals surface area contributed by atoms with Crippen molar-refractivity contribution in [3.8, 4) is 5.75 Å². The molecule has 2 aromatic rings. The molecule has 0 spiro atoms. The number of rotatable bonds is 6. The summed E-state index contributed by atoms with van der Waals surface area (Å²) in [5, 5.41) is 2.39. The highest BCUT2D eigenvalue weighted by Gasteiger charge is 2.19. The summed E-state index contributed by atoms with van der Waals surface area (Å²) in [6.07, 6.45) is -1.01. The van der Waals surface area contributed by atoms with Crippen LogP contribution in [0.25, 0.3) is 0 Å². The predicted octanol–water partition coefficient (Wildman–Crippen LogP) is 3.46. The van der Waals surface area contributed by atoms with Crippen molar-refractivity contribution in [2.75, 3.05) is 19.5 Å². The summed E-state index contributed by atoms with van der Waals surface area (Å²) in [4.78, 5) is 35.9. The molecule has 0 fully saturated rings. The zero-order chi connectivity index (χ0) is 20.8. The molecule has 0 radical (unpaired) electrons. The van der Waals surface area contributed by atoms with Gasteiger partial charge in [-0.3, -0.25) is 4.79 Å². The lowest BCUT2D eigenvalue weighted by Gasteiger charge is -2.16. The van der Waals surface area contributed by atoms with Gasteiger partial charge >= 0.3 is 11.9 Å². The van der Waals surface area contributed by atoms with Gasteiger partial charge in [-0.05, 0) is 43.3 Å². The van der Waals surface area contributed by atoms with E-state index in [0.717, 1.165) is 6.07 Å². The van der Waals surface area contributed by atoms with Gasteiger partial charge in [0.15, 0.2) is 6.10 Å². The van der Waals surface area contributed by atoms with Crippen LogP contribution in [0.1, 0.15) is 27.6 Å². The van der Waals surface area contributed by atoms with Gasteiger partial charge < -0.3 is 19.5 Å². The van der Waals surface area contributed by atoms with Crippen LogP contribution in [0.4, 0.5) is 10.1 Å². The first-order chi connectivity index (χ1) is 13.2. The highest BCUT2D eigenvalue weighted by Crippen LogP contribution is 2.22. The molecule has 1 atom stereocenters. The molecule has 0 heterocycles. The number of methoxy groups -OCH3 is 2. The number of nitrogens with one attached hydrogen (secondary N) is 1. The topological polar surface area (TPSA) is 90.9 Å². The van der Waals surface area contributed by atoms with Crippen molar-refractivity contribution >= 4 is 35.1 Å². The maximum atomic E-state index is 13.2. The molecular formula is C19H17ClFNO6. The summed E-state index contributed by atoms with van der Waals surface area (Å²) in [5.41, 5.74) is 0.391. The third-order valence-corrected chi connectivity index (χ3v) is 3.91. The van der Waals surface area contributed by atoms with Crippen molar-refractivity contribution in [3.63, 3.8) is 0 Å². The van der Waals surface area contributed by atoms with E-state index < -0.39 is 29.8 Å². The number of hydrogen-bond acceptors (Lipinski definition) is 6. The van der Waals surface area contributed by atoms with Gasteiger partial charge in [-0.15, -0.1) is 0 Å². The number of amides is 1. The van der Waals surface area contributed by atoms with Gasteiger partial charge in [0.05, 0.1) is 30.4 Å². The van der Waals surface area contributed by atoms with E-state index in [1.54, 1.807) is 0 Å². The van der Waals surface area contributed by atoms with Crippen LogP contribution in [0.3, 0.4) is 0 Å². The normalized spacial score (nSPS) is 11.3. The molecule has 2 aromatic carbocycles. The van der Waals surface area contributed by atoms with Crippen LogP contribution < -0.4 is 10.1 Å². The summed E-state index contributed by atoms with van der Waals surface area (Å²) < 4.78 is 28.0. The summed E-state index contributed by atoms with van der Waals surface area (Å²) in [7, 11) is 2.38. The average Bonchev–Trinajstić information content (AvgIpc) is 2.69. The largest absolute Gasteiger partial charge is 0.481 e. The van der Waals surface area contributed by atoms with Gasteiger partial charge in [0, 0.05) is 5.69 Å². The molecule has 9 heteroatoms. The molecule has 1 N–H and O–H groups in total. The fourth-order valence-corrected chi connectivity index (χ4v) is 2.39. The number of esters is 2. The molecule has 0 saturated carbocycles. The Morgan fingerprint density at radius 2 is 1.57 bits per heavy atom. The van der Waals surface area contributed by atoms with E-state index in [1.165, 1.54) is 51.5 Å². The number of hydrogen-bond donors (Lipinski definition) is 1. The van der Waals surface area contributed by atoms with Crippen molar-refractivity contribution in [1.29, 1.82) is 0 Å². The maximum absolute atomic E-state index is 13.2. The van der Waals surface area contributed by atoms with Crippen LogP contribution in [-0.4, -0.2) is 38.2 Å². The lowest BCUT2D eigenvalue weighted by molar-refractivity contribution is -0.122. The lowest BCUT2D eigenvalue weighted by Crippen LogP contribution is -2.30. The number of carbonyl (C=O) groups excluding carboxylic acids is 3. The Balaban J connectivity index is 2.20. The predicted molar refractivity (Wildman–Crippen MR) is 99.3 cm³/mol. The quantitative estimate of drug-likeness (QED) is 0.735. The average molecular weight is 410 g/mol. The molecule has 2 rings (SSSR count). The third kappa shape index (κ3) is 5.20. The summed E-state index contributed by atoms with van der Waals surface area (Å²) >= 11 is 5.68. The van der Waals surface area contributed by atoms with E-state index in [4.69, 9.17) is 16.3 Å². The molecule has 148 valence electrons. The summed E-state index contributed by atoms with van der Waals surface area (Å²) in [6, 6.07) is 7.67. The van der Waals surface area contributed by atoms with Gasteiger partial charge in [-0.2, -0.15) is 0 Å². The first-order valence-electron chi connectivity index (χ1n) is 7.99. The lowest BCUT2D eigenvalue weighted by atomic mass is 10.1. The van der Waals surface area contributed by atoms with E-state index in [2.05, 4.69) is 14.8 Å². The molecule has 0 aliphatic rings. The second kappa shape index (κ2) is 9.18. The molecule has 0 unspecified atom stereocenters. The van der Waals surface area contributed by atoms with Gasteiger partial charge in [0.25, 0.3) is 5.91 Å². The molecule has 0 saturated heterocycles. The first-order valence-corrected chi connectivity index (χ1v) is 8.37. The van der Waals surface area contributed by atoms with Crippen molar-refractivity contribution in [2.24, 2.45) is 0 Å². The minimum Gasteiger partial charge on any atom is -0.481 e. The highest BCUT2D eigenvalue weighted by molar-refractivity contribution is 6.31. The number of anilines is 1. The van der Waals surface area contributed by atoms with Crippen LogP contribution >= 0.6 is 11.6 Å². The van der Waals surface area contributed by atoms with Crippen LogP contribution in [0, 0.1) is 5.82 Å². The van der Waals surface area contributed by atoms with E-state index in [-0.39, 0.29) is 27.6 Å². The molecule has 0 bridgehead atoms. The summed E-state index contributed by atoms with van der Waals surface area (Å²) in [5.74, 6) is -2.45. The van der Waals surface area contributed by atoms with Gasteiger partial charge in [0.1, 0.15) is 11.6 Å². The molecule has 0 aliphatic carbocycles. The van der Waals surface area contributed by atoms with E-state index in [0.29, 0.717) is 0 Å². The smallest absolute Gasteiger partial charge is 0.338 e. The van der Waals surface area contributed by atoms with Crippen molar-refractivity contribution in [1.82, 2.24) is 0 Å². The van der Waals surface area contributed by atoms with E-state index in [1.807, 2.05) is 0 Å². The molecule has 1 amide bonds. The number of halogens is 2. The van der Waals surface area contributed by atoms with Gasteiger partial charge in [-0.1, -0.05) is 11.6 Å². The SMILES string of the molecule is COC(=O)c1cc(O[C@H](C)C(=O)Nc2ccc(F)c(Cl)c2)cc(C(=O)OC)c1. The van der Waals surface area contributed by atoms with Gasteiger partial charge in [0.2, 0.25) is 0 Å². The third-order valence-electron chi connectivity index (χ3n) is 3.62. The van der Waals surface area contributed by atoms with Crippen molar-refractivity contribution < 1.29 is 33.0 Å². The molecular weight excluding hydrogens is 393 g/mol. The Morgan fingerprint density at radius 3 is 2.07 bits per heavy atom. The molecule has 7 nitrogen and oxygen atoms in total. The fraction of sp³-hybridized carbons (Fsp3) is 0.211. The zero-order valence-corrected chi connectivity index (χ0v) is 16.0. The zero-order valence-electron chi connectivity index (χ0n) is 15.2. The highest BCUT2D eigenvalue weighted by atomic mass is 35.5. The molecule has 0 aromatic heterocycles. The number of ether oxygens (including phenoxy) is 3. The van der Waals surface area contributed by atoms with Crippen LogP contribution in [0.15, 0.2) is 36.4 Å². The summed E-state index contributed by atoms with van der Waals surface area (Å²) in [6.45, 7) is 1.46. The Kier molecular flexibility index (Phi) is 6.94. The van der Waals surface area contributed by atoms with Crippen LogP contribution in [0.5, 0.6) is 5.75 Å². The molecule has 0 aliphatic heterocycles. The fourth-order valence-electron chi connectivity index (χ4n) is 2.21. The monoisotopic (exact) mass is 409 g/mol. The minimum atomic E-state index is -1.01. The Labute approximate surface area is 165 Å². The second-order valence-corrected chi connectivity index (χ2v) is 6.01. The van der Waals surface area contributed by atoms with Crippen molar-refractivity contribution in [3.05, 3.63) is 58.4 Å². The first kappa shape index (κ1) is 21.2. The Morgan fingerprint density at radius 1 is 1.00 bits per heavy atom. The van der Waals surface area contributed by atoms with Crippen molar-refractivity contribution in [2.45, 2.75) is 13.0 Å². The van der Waals surface area contributed by atoms with E-state index in [9.17, 15) is 18.8 Å². The second-order valence-electron chi connectivity index (χ2n) is 5.61. The number of benzene rings is 2. The standard InChI is InChI=1S/C19H17ClFNO6/c1-10(17(23)22-13-4-5-16(21)15(20)9-13)28-14-7-11(18(24)26-2)6-12(8-14)19(25)27-3/h4-10H,1-3H3,(H,22,23)/t10-/m1/s1. The van der Waals surface area contributed by atoms with E-state index >= 15 is 0 Å². The Bertz CT molecular complexity index is 883. The minimum absolute atomic E-state index is 0.0540.